The van der Waals surface area contributed by atoms with Gasteiger partial charge in [-0.3, -0.25) is 19.2 Å². The molecule has 7 rings (SSSR count). The van der Waals surface area contributed by atoms with Crippen molar-refractivity contribution in [2.45, 2.75) is 19.2 Å². The van der Waals surface area contributed by atoms with Gasteiger partial charge in [0, 0.05) is 22.3 Å². The lowest BCUT2D eigenvalue weighted by molar-refractivity contribution is -0.191. The summed E-state index contributed by atoms with van der Waals surface area (Å²) in [5.41, 5.74) is -1.17. The molecule has 1 aliphatic heterocycles. The van der Waals surface area contributed by atoms with Crippen molar-refractivity contribution in [1.82, 2.24) is 9.97 Å². The van der Waals surface area contributed by atoms with Crippen molar-refractivity contribution in [2.75, 3.05) is 0 Å². The van der Waals surface area contributed by atoms with Crippen molar-refractivity contribution in [3.63, 3.8) is 0 Å². The number of carbonyl (C=O) groups is 4. The van der Waals surface area contributed by atoms with E-state index in [0.29, 0.717) is 11.6 Å². The standard InChI is InChI=1S/C29H11F5N2O5S2/c1-10-2-4-12-14(6-10)20(37)22(39)16(12)8-18-35-26-24(42-18)25-27(41-29(26,33)34)36-19(43-25)9-17-13-5-3-11(28(30,31)32)7-15(13)21(38)23(17)40/h2-9H,1H3/b16-8-,17-9-. The monoisotopic (exact) mass is 626 g/mol. The summed E-state index contributed by atoms with van der Waals surface area (Å²) in [6, 6.07) is 7.21. The quantitative estimate of drug-likeness (QED) is 0.140. The van der Waals surface area contributed by atoms with Gasteiger partial charge < -0.3 is 4.74 Å². The molecule has 3 heterocycles. The minimum absolute atomic E-state index is 0.00460. The molecule has 4 aromatic rings. The van der Waals surface area contributed by atoms with Gasteiger partial charge in [0.2, 0.25) is 29.0 Å². The maximum Gasteiger partial charge on any atom is 0.446 e. The Balaban J connectivity index is 1.29. The molecule has 0 amide bonds. The number of Topliss-reactive ketones (excluding diaryl/α,β-unsaturated/α-hetero) is 4. The smallest absolute Gasteiger partial charge is 0.408 e. The van der Waals surface area contributed by atoms with Gasteiger partial charge in [-0.25, -0.2) is 9.97 Å². The molecule has 7 nitrogen and oxygen atoms in total. The number of alkyl halides is 5. The van der Waals surface area contributed by atoms with Gasteiger partial charge >= 0.3 is 12.3 Å². The van der Waals surface area contributed by atoms with Gasteiger partial charge in [-0.05, 0) is 48.4 Å². The fourth-order valence-electron chi connectivity index (χ4n) is 5.01. The number of carbonyl (C=O) groups excluding carboxylic acids is 4. The number of aryl methyl sites for hydroxylation is 1. The number of ether oxygens (including phenoxy) is 1. The third kappa shape index (κ3) is 4.12. The average Bonchev–Trinajstić information content (AvgIpc) is 3.66. The zero-order valence-electron chi connectivity index (χ0n) is 21.3. The highest BCUT2D eigenvalue weighted by molar-refractivity contribution is 7.23. The van der Waals surface area contributed by atoms with Crippen LogP contribution in [0.2, 0.25) is 0 Å². The third-order valence-corrected chi connectivity index (χ3v) is 9.14. The van der Waals surface area contributed by atoms with Crippen LogP contribution in [0.3, 0.4) is 0 Å². The van der Waals surface area contributed by atoms with Crippen molar-refractivity contribution in [2.24, 2.45) is 0 Å². The van der Waals surface area contributed by atoms with Gasteiger partial charge in [0.05, 0.1) is 10.4 Å². The number of fused-ring (bicyclic) bond motifs is 5. The first-order chi connectivity index (χ1) is 20.2. The number of ketones is 4. The topological polar surface area (TPSA) is 103 Å². The lowest BCUT2D eigenvalue weighted by Crippen LogP contribution is -2.26. The van der Waals surface area contributed by atoms with E-state index in [0.717, 1.165) is 46.4 Å². The summed E-state index contributed by atoms with van der Waals surface area (Å²) in [6.45, 7) is 1.76. The number of halogens is 5. The second-order valence-corrected chi connectivity index (χ2v) is 11.8. The molecule has 3 aliphatic rings. The number of benzene rings is 2. The Kier molecular flexibility index (Phi) is 5.63. The predicted molar refractivity (Wildman–Crippen MR) is 145 cm³/mol. The summed E-state index contributed by atoms with van der Waals surface area (Å²) < 4.78 is 74.3. The Bertz CT molecular complexity index is 2070. The Morgan fingerprint density at radius 2 is 1.30 bits per heavy atom. The molecule has 2 aliphatic carbocycles. The second-order valence-electron chi connectivity index (χ2n) is 9.77. The van der Waals surface area contributed by atoms with E-state index in [4.69, 9.17) is 4.74 Å². The van der Waals surface area contributed by atoms with Gasteiger partial charge in [0.15, 0.2) is 5.69 Å². The molecule has 43 heavy (non-hydrogen) atoms. The maximum atomic E-state index is 15.0. The summed E-state index contributed by atoms with van der Waals surface area (Å²) >= 11 is 1.65. The molecule has 14 heteroatoms. The van der Waals surface area contributed by atoms with E-state index in [1.54, 1.807) is 25.1 Å². The number of hydrogen-bond donors (Lipinski definition) is 0. The van der Waals surface area contributed by atoms with Crippen molar-refractivity contribution in [3.05, 3.63) is 85.5 Å². The molecule has 0 radical (unpaired) electrons. The van der Waals surface area contributed by atoms with Gasteiger partial charge in [-0.1, -0.05) is 23.8 Å². The maximum absolute atomic E-state index is 15.0. The number of aromatic nitrogens is 2. The molecule has 0 spiro atoms. The Morgan fingerprint density at radius 3 is 1.93 bits per heavy atom. The number of allylic oxidation sites excluding steroid dienone is 2. The van der Waals surface area contributed by atoms with Crippen molar-refractivity contribution < 1.29 is 45.9 Å². The summed E-state index contributed by atoms with van der Waals surface area (Å²) in [7, 11) is 0. The zero-order chi connectivity index (χ0) is 30.6. The van der Waals surface area contributed by atoms with E-state index in [9.17, 15) is 32.3 Å². The first-order valence-electron chi connectivity index (χ1n) is 12.3. The first-order valence-corrected chi connectivity index (χ1v) is 13.9. The summed E-state index contributed by atoms with van der Waals surface area (Å²) in [5.74, 6) is -4.17. The molecule has 0 atom stereocenters. The van der Waals surface area contributed by atoms with Crippen molar-refractivity contribution in [3.8, 4) is 15.6 Å². The predicted octanol–water partition coefficient (Wildman–Crippen LogP) is 6.65. The van der Waals surface area contributed by atoms with Crippen molar-refractivity contribution in [1.29, 1.82) is 0 Å². The largest absolute Gasteiger partial charge is 0.446 e. The highest BCUT2D eigenvalue weighted by Gasteiger charge is 2.47. The molecule has 0 bridgehead atoms. The van der Waals surface area contributed by atoms with E-state index < -0.39 is 58.1 Å². The molecule has 0 fully saturated rings. The van der Waals surface area contributed by atoms with Crippen LogP contribution in [-0.2, 0) is 21.9 Å². The SMILES string of the molecule is Cc1ccc2c(c1)C(=O)C(=O)/C2=C\c1nc2c(s1)-c1sc(/C=C3\C(=O)C(=O)c4cc(C(F)(F)F)ccc43)nc1OC2(F)F. The van der Waals surface area contributed by atoms with E-state index in [1.807, 2.05) is 0 Å². The number of nitrogens with zero attached hydrogens (tertiary/aromatic N) is 2. The summed E-state index contributed by atoms with van der Waals surface area (Å²) in [5, 5.41) is -0.0170. The molecule has 214 valence electrons. The molecular weight excluding hydrogens is 615 g/mol. The third-order valence-electron chi connectivity index (χ3n) is 6.99. The van der Waals surface area contributed by atoms with Crippen LogP contribution in [0.15, 0.2) is 36.4 Å². The van der Waals surface area contributed by atoms with Gasteiger partial charge in [0.25, 0.3) is 0 Å². The van der Waals surface area contributed by atoms with Crippen LogP contribution < -0.4 is 4.74 Å². The zero-order valence-corrected chi connectivity index (χ0v) is 22.9. The van der Waals surface area contributed by atoms with Gasteiger partial charge in [0.1, 0.15) is 14.9 Å². The van der Waals surface area contributed by atoms with Crippen LogP contribution >= 0.6 is 22.7 Å². The van der Waals surface area contributed by atoms with Crippen LogP contribution in [0.25, 0.3) is 33.1 Å². The number of rotatable bonds is 2. The van der Waals surface area contributed by atoms with Gasteiger partial charge in [-0.15, -0.1) is 22.7 Å². The van der Waals surface area contributed by atoms with E-state index in [2.05, 4.69) is 9.97 Å². The van der Waals surface area contributed by atoms with Crippen molar-refractivity contribution >= 4 is 69.1 Å². The van der Waals surface area contributed by atoms with E-state index in [1.165, 1.54) is 6.08 Å². The van der Waals surface area contributed by atoms with E-state index >= 15 is 8.78 Å². The molecule has 0 N–H and O–H groups in total. The van der Waals surface area contributed by atoms with Crippen LogP contribution in [-0.4, -0.2) is 33.1 Å². The molecule has 0 unspecified atom stereocenters. The summed E-state index contributed by atoms with van der Waals surface area (Å²) in [6.07, 6.45) is -6.25. The molecule has 0 saturated heterocycles. The van der Waals surface area contributed by atoms with Crippen LogP contribution in [0.1, 0.15) is 58.7 Å². The Labute approximate surface area is 245 Å². The first kappa shape index (κ1) is 27.2. The van der Waals surface area contributed by atoms with Gasteiger partial charge in [-0.2, -0.15) is 22.0 Å². The fourth-order valence-corrected chi connectivity index (χ4v) is 7.10. The lowest BCUT2D eigenvalue weighted by atomic mass is 10.0. The molecule has 0 saturated carbocycles. The average molecular weight is 627 g/mol. The minimum Gasteiger partial charge on any atom is -0.408 e. The van der Waals surface area contributed by atoms with E-state index in [-0.39, 0.29) is 42.0 Å². The second kappa shape index (κ2) is 8.91. The normalized spacial score (nSPS) is 18.7. The highest BCUT2D eigenvalue weighted by atomic mass is 32.1. The molecular formula is C29H11F5N2O5S2. The summed E-state index contributed by atoms with van der Waals surface area (Å²) in [4.78, 5) is 58.4. The number of hydrogen-bond acceptors (Lipinski definition) is 9. The van der Waals surface area contributed by atoms with Crippen LogP contribution in [0.5, 0.6) is 5.88 Å². The fraction of sp³-hybridized carbons (Fsp3) is 0.103. The lowest BCUT2D eigenvalue weighted by Gasteiger charge is -2.20. The minimum atomic E-state index is -4.73. The van der Waals surface area contributed by atoms with Crippen LogP contribution in [0.4, 0.5) is 22.0 Å². The number of thiazole rings is 2. The molecule has 2 aromatic heterocycles. The Morgan fingerprint density at radius 1 is 0.744 bits per heavy atom. The highest BCUT2D eigenvalue weighted by Crippen LogP contribution is 2.52. The Hall–Kier alpha value is -4.69. The molecule has 2 aromatic carbocycles. The van der Waals surface area contributed by atoms with Crippen LogP contribution in [0, 0.1) is 6.92 Å².